The molecule has 0 saturated carbocycles. The third kappa shape index (κ3) is 3.55. The fourth-order valence-electron chi connectivity index (χ4n) is 4.92. The molecule has 1 N–H and O–H groups in total. The van der Waals surface area contributed by atoms with Crippen LogP contribution in [0.15, 0.2) is 66.7 Å². The molecule has 6 nitrogen and oxygen atoms in total. The van der Waals surface area contributed by atoms with Crippen LogP contribution in [0, 0.1) is 0 Å². The SMILES string of the molecule is O=C(CCl)N1CCc2c([nH]c3c(OCc4ccccc4)cccc23)[C@H]1c1ccc2c(c1)OCO2. The van der Waals surface area contributed by atoms with E-state index < -0.39 is 0 Å². The number of benzene rings is 3. The van der Waals surface area contributed by atoms with E-state index in [1.165, 1.54) is 5.56 Å². The number of fused-ring (bicyclic) bond motifs is 4. The summed E-state index contributed by atoms with van der Waals surface area (Å²) in [6.45, 7) is 1.26. The topological polar surface area (TPSA) is 63.8 Å². The van der Waals surface area contributed by atoms with Crippen LogP contribution in [0.25, 0.3) is 10.9 Å². The van der Waals surface area contributed by atoms with Gasteiger partial charge in [-0.1, -0.05) is 48.5 Å². The van der Waals surface area contributed by atoms with Crippen molar-refractivity contribution in [1.29, 1.82) is 0 Å². The molecular formula is C27H23ClN2O4. The van der Waals surface area contributed by atoms with Crippen LogP contribution in [0.4, 0.5) is 0 Å². The van der Waals surface area contributed by atoms with Gasteiger partial charge >= 0.3 is 0 Å². The summed E-state index contributed by atoms with van der Waals surface area (Å²) >= 11 is 6.00. The molecule has 2 aliphatic rings. The van der Waals surface area contributed by atoms with Crippen molar-refractivity contribution in [2.45, 2.75) is 19.1 Å². The molecule has 3 aromatic carbocycles. The Hall–Kier alpha value is -3.64. The lowest BCUT2D eigenvalue weighted by atomic mass is 9.92. The molecule has 4 aromatic rings. The van der Waals surface area contributed by atoms with Crippen LogP contribution in [0.1, 0.15) is 28.4 Å². The zero-order valence-electron chi connectivity index (χ0n) is 18.4. The molecule has 7 heteroatoms. The predicted octanol–water partition coefficient (Wildman–Crippen LogP) is 5.19. The van der Waals surface area contributed by atoms with E-state index in [1.807, 2.05) is 65.6 Å². The molecule has 0 spiro atoms. The smallest absolute Gasteiger partial charge is 0.238 e. The van der Waals surface area contributed by atoms with Gasteiger partial charge in [-0.15, -0.1) is 11.6 Å². The molecule has 0 radical (unpaired) electrons. The Morgan fingerprint density at radius 3 is 2.76 bits per heavy atom. The summed E-state index contributed by atoms with van der Waals surface area (Å²) < 4.78 is 17.3. The number of alkyl halides is 1. The van der Waals surface area contributed by atoms with Crippen LogP contribution in [-0.2, 0) is 17.8 Å². The number of para-hydroxylation sites is 1. The van der Waals surface area contributed by atoms with Crippen LogP contribution < -0.4 is 14.2 Å². The maximum absolute atomic E-state index is 12.8. The van der Waals surface area contributed by atoms with Crippen molar-refractivity contribution in [3.63, 3.8) is 0 Å². The number of rotatable bonds is 5. The molecule has 1 aromatic heterocycles. The Balaban J connectivity index is 1.43. The number of ether oxygens (including phenoxy) is 3. The molecule has 1 amide bonds. The summed E-state index contributed by atoms with van der Waals surface area (Å²) in [4.78, 5) is 18.3. The Morgan fingerprint density at radius 2 is 1.91 bits per heavy atom. The summed E-state index contributed by atoms with van der Waals surface area (Å²) in [5, 5.41) is 1.12. The molecule has 1 atom stereocenters. The van der Waals surface area contributed by atoms with Crippen molar-refractivity contribution in [3.8, 4) is 17.2 Å². The minimum absolute atomic E-state index is 0.0674. The van der Waals surface area contributed by atoms with E-state index in [-0.39, 0.29) is 24.6 Å². The number of hydrogen-bond donors (Lipinski definition) is 1. The van der Waals surface area contributed by atoms with Gasteiger partial charge < -0.3 is 24.1 Å². The largest absolute Gasteiger partial charge is 0.487 e. The Labute approximate surface area is 202 Å². The van der Waals surface area contributed by atoms with Crippen LogP contribution in [0.3, 0.4) is 0 Å². The molecule has 3 heterocycles. The van der Waals surface area contributed by atoms with Gasteiger partial charge in [0.15, 0.2) is 11.5 Å². The number of nitrogens with zero attached hydrogens (tertiary/aromatic N) is 1. The number of carbonyl (C=O) groups is 1. The Kier molecular flexibility index (Phi) is 5.30. The molecule has 0 aliphatic carbocycles. The lowest BCUT2D eigenvalue weighted by Gasteiger charge is -2.36. The average Bonchev–Trinajstić information content (AvgIpc) is 3.51. The highest BCUT2D eigenvalue weighted by Crippen LogP contribution is 2.43. The highest BCUT2D eigenvalue weighted by molar-refractivity contribution is 6.27. The number of halogens is 1. The average molecular weight is 475 g/mol. The second kappa shape index (κ2) is 8.61. The van der Waals surface area contributed by atoms with E-state index in [0.717, 1.165) is 39.9 Å². The molecule has 6 rings (SSSR count). The van der Waals surface area contributed by atoms with Gasteiger partial charge in [-0.05, 0) is 41.3 Å². The van der Waals surface area contributed by atoms with Gasteiger partial charge in [0, 0.05) is 17.6 Å². The van der Waals surface area contributed by atoms with Crippen LogP contribution in [-0.4, -0.2) is 35.0 Å². The van der Waals surface area contributed by atoms with Gasteiger partial charge in [0.1, 0.15) is 18.2 Å². The zero-order chi connectivity index (χ0) is 23.1. The molecule has 0 unspecified atom stereocenters. The van der Waals surface area contributed by atoms with E-state index in [9.17, 15) is 4.79 Å². The first kappa shape index (κ1) is 20.9. The van der Waals surface area contributed by atoms with E-state index >= 15 is 0 Å². The molecule has 2 aliphatic heterocycles. The molecule has 0 bridgehead atoms. The summed E-state index contributed by atoms with van der Waals surface area (Å²) in [5.41, 5.74) is 5.17. The van der Waals surface area contributed by atoms with E-state index in [2.05, 4.69) is 11.1 Å². The Morgan fingerprint density at radius 1 is 1.06 bits per heavy atom. The van der Waals surface area contributed by atoms with E-state index in [4.69, 9.17) is 25.8 Å². The monoisotopic (exact) mass is 474 g/mol. The van der Waals surface area contributed by atoms with Crippen LogP contribution in [0.2, 0.25) is 0 Å². The maximum Gasteiger partial charge on any atom is 0.238 e. The van der Waals surface area contributed by atoms with Crippen molar-refractivity contribution in [1.82, 2.24) is 9.88 Å². The molecule has 172 valence electrons. The van der Waals surface area contributed by atoms with Crippen LogP contribution in [0.5, 0.6) is 17.2 Å². The van der Waals surface area contributed by atoms with Crippen molar-refractivity contribution in [2.75, 3.05) is 19.2 Å². The van der Waals surface area contributed by atoms with Crippen molar-refractivity contribution in [2.24, 2.45) is 0 Å². The van der Waals surface area contributed by atoms with Crippen molar-refractivity contribution >= 4 is 28.4 Å². The second-order valence-corrected chi connectivity index (χ2v) is 8.72. The first-order valence-corrected chi connectivity index (χ1v) is 11.8. The third-order valence-electron chi connectivity index (χ3n) is 6.51. The first-order valence-electron chi connectivity index (χ1n) is 11.3. The van der Waals surface area contributed by atoms with Gasteiger partial charge in [0.2, 0.25) is 12.7 Å². The minimum Gasteiger partial charge on any atom is -0.487 e. The first-order chi connectivity index (χ1) is 16.7. The van der Waals surface area contributed by atoms with E-state index in [0.29, 0.717) is 24.7 Å². The zero-order valence-corrected chi connectivity index (χ0v) is 19.2. The summed E-state index contributed by atoms with van der Waals surface area (Å²) in [5.74, 6) is 2.01. The molecular weight excluding hydrogens is 452 g/mol. The summed E-state index contributed by atoms with van der Waals surface area (Å²) in [7, 11) is 0. The fraction of sp³-hybridized carbons (Fsp3) is 0.222. The second-order valence-electron chi connectivity index (χ2n) is 8.46. The van der Waals surface area contributed by atoms with Gasteiger partial charge in [-0.3, -0.25) is 4.79 Å². The van der Waals surface area contributed by atoms with Crippen molar-refractivity contribution < 1.29 is 19.0 Å². The van der Waals surface area contributed by atoms with Gasteiger partial charge in [0.25, 0.3) is 0 Å². The highest BCUT2D eigenvalue weighted by atomic mass is 35.5. The number of aromatic nitrogens is 1. The third-order valence-corrected chi connectivity index (χ3v) is 6.74. The lowest BCUT2D eigenvalue weighted by Crippen LogP contribution is -2.41. The molecule has 0 saturated heterocycles. The van der Waals surface area contributed by atoms with Crippen LogP contribution >= 0.6 is 11.6 Å². The standard InChI is InChI=1S/C27H23ClN2O4/c28-14-24(31)30-12-11-20-19-7-4-8-22(32-15-17-5-2-1-3-6-17)25(19)29-26(20)27(30)18-9-10-21-23(13-18)34-16-33-21/h1-10,13,27,29H,11-12,14-16H2/t27-/m1/s1. The minimum atomic E-state index is -0.307. The maximum atomic E-state index is 12.8. The molecule has 34 heavy (non-hydrogen) atoms. The summed E-state index contributed by atoms with van der Waals surface area (Å²) in [6, 6.07) is 21.7. The van der Waals surface area contributed by atoms with E-state index in [1.54, 1.807) is 0 Å². The quantitative estimate of drug-likeness (QED) is 0.404. The van der Waals surface area contributed by atoms with Gasteiger partial charge in [0.05, 0.1) is 11.6 Å². The van der Waals surface area contributed by atoms with Crippen molar-refractivity contribution in [3.05, 3.63) is 89.1 Å². The number of hydrogen-bond acceptors (Lipinski definition) is 4. The number of aromatic amines is 1. The summed E-state index contributed by atoms with van der Waals surface area (Å²) in [6.07, 6.45) is 0.737. The van der Waals surface area contributed by atoms with Gasteiger partial charge in [-0.2, -0.15) is 0 Å². The molecule has 0 fully saturated rings. The number of carbonyl (C=O) groups excluding carboxylic acids is 1. The number of nitrogens with one attached hydrogen (secondary N) is 1. The number of amides is 1. The lowest BCUT2D eigenvalue weighted by molar-refractivity contribution is -0.130. The number of H-pyrrole nitrogens is 1. The highest BCUT2D eigenvalue weighted by Gasteiger charge is 2.35. The fourth-order valence-corrected chi connectivity index (χ4v) is 5.07. The van der Waals surface area contributed by atoms with Gasteiger partial charge in [-0.25, -0.2) is 0 Å². The Bertz CT molecular complexity index is 1370. The normalized spacial score (nSPS) is 16.5. The predicted molar refractivity (Wildman–Crippen MR) is 130 cm³/mol.